The van der Waals surface area contributed by atoms with E-state index in [1.54, 1.807) is 0 Å². The third kappa shape index (κ3) is 26.8. The molecule has 14 heteroatoms. The van der Waals surface area contributed by atoms with Crippen molar-refractivity contribution in [3.05, 3.63) is 174 Å². The van der Waals surface area contributed by atoms with E-state index in [1.807, 2.05) is 103 Å². The molecular formula is C79H104O14. The monoisotopic (exact) mass is 1280 g/mol. The van der Waals surface area contributed by atoms with E-state index in [2.05, 4.69) is 132 Å². The number of rotatable bonds is 40. The van der Waals surface area contributed by atoms with Crippen LogP contribution in [0.25, 0.3) is 0 Å². The van der Waals surface area contributed by atoms with E-state index >= 15 is 0 Å². The molecule has 93 heavy (non-hydrogen) atoms. The maximum atomic E-state index is 9.48. The van der Waals surface area contributed by atoms with E-state index in [-0.39, 0.29) is 28.3 Å². The summed E-state index contributed by atoms with van der Waals surface area (Å²) in [6.07, 6.45) is 4.38. The molecule has 0 aliphatic rings. The smallest absolute Gasteiger partial charge is 0.126 e. The number of hydrogen-bond donors (Lipinski definition) is 1. The van der Waals surface area contributed by atoms with Gasteiger partial charge < -0.3 is 66.7 Å². The van der Waals surface area contributed by atoms with Gasteiger partial charge in [0.1, 0.15) is 74.7 Å². The third-order valence-electron chi connectivity index (χ3n) is 15.0. The zero-order valence-corrected chi connectivity index (χ0v) is 57.5. The Morgan fingerprint density at radius 3 is 0.452 bits per heavy atom. The molecule has 0 heterocycles. The Bertz CT molecular complexity index is 2860. The van der Waals surface area contributed by atoms with Crippen LogP contribution in [-0.4, -0.2) is 97.6 Å². The summed E-state index contributed by atoms with van der Waals surface area (Å²) >= 11 is 0. The van der Waals surface area contributed by atoms with Crippen LogP contribution < -0.4 is 61.6 Å². The van der Waals surface area contributed by atoms with Crippen molar-refractivity contribution >= 4 is 0 Å². The maximum absolute atomic E-state index is 9.48. The SMILES string of the molecule is CC(C)(C)c1ccc(OCCCOc2cc(OCCCOc3ccc(C(C)(C)C)cc3)cc(OCCCOc3cc(OCCCO)cc(OCCCOc4cc(OCCCOc5ccc(C(C)(C)C)cc5)cc(OCCCOc5ccc(C(C)(C)C)cc5)c4)c3)c2)cc1. The summed E-state index contributed by atoms with van der Waals surface area (Å²) in [6, 6.07) is 49.9. The lowest BCUT2D eigenvalue weighted by Gasteiger charge is -2.19. The van der Waals surface area contributed by atoms with E-state index in [4.69, 9.17) is 61.6 Å². The molecule has 0 aliphatic heterocycles. The summed E-state index contributed by atoms with van der Waals surface area (Å²) in [5.41, 5.74) is 5.36. The van der Waals surface area contributed by atoms with Gasteiger partial charge in [-0.1, -0.05) is 132 Å². The van der Waals surface area contributed by atoms with Gasteiger partial charge in [-0.15, -0.1) is 0 Å². The van der Waals surface area contributed by atoms with E-state index in [1.165, 1.54) is 22.3 Å². The Morgan fingerprint density at radius 1 is 0.194 bits per heavy atom. The Kier molecular flexibility index (Phi) is 28.3. The standard InChI is InChI=1S/C79H104O14/c1-76(2,3)59-20-28-63(29-21-59)81-38-14-42-86-70-53-71(87-43-15-39-82-64-30-22-60(23-31-64)77(4,5)6)56-74(55-70)92-48-18-46-90-68-50-67(85-37-13-36-80)51-69(52-68)91-47-19-49-93-75-57-72(88-44-16-40-83-65-32-24-61(25-33-65)78(7,8)9)54-73(58-75)89-45-17-41-84-66-34-26-62(27-35-66)79(10,11)12/h20-35,50-58,80H,13-19,36-49H2,1-12H3. The first-order chi connectivity index (χ1) is 44.5. The summed E-state index contributed by atoms with van der Waals surface area (Å²) in [6.45, 7) is 32.1. The lowest BCUT2D eigenvalue weighted by Crippen LogP contribution is -2.11. The fraction of sp³-hybridized carbons (Fsp3) is 0.468. The van der Waals surface area contributed by atoms with Gasteiger partial charge in [-0.3, -0.25) is 0 Å². The first-order valence-electron chi connectivity index (χ1n) is 33.2. The lowest BCUT2D eigenvalue weighted by molar-refractivity contribution is 0.225. The van der Waals surface area contributed by atoms with Crippen LogP contribution in [-0.2, 0) is 21.7 Å². The van der Waals surface area contributed by atoms with Crippen LogP contribution in [0.15, 0.2) is 152 Å². The fourth-order valence-corrected chi connectivity index (χ4v) is 9.48. The van der Waals surface area contributed by atoms with Crippen LogP contribution in [0.2, 0.25) is 0 Å². The minimum atomic E-state index is 0.0146. The van der Waals surface area contributed by atoms with Crippen LogP contribution in [0.4, 0.5) is 0 Å². The van der Waals surface area contributed by atoms with Crippen molar-refractivity contribution < 1.29 is 66.7 Å². The van der Waals surface area contributed by atoms with E-state index in [9.17, 15) is 5.11 Å². The van der Waals surface area contributed by atoms with Crippen LogP contribution >= 0.6 is 0 Å². The molecular weight excluding hydrogens is 1170 g/mol. The van der Waals surface area contributed by atoms with Crippen LogP contribution in [0.1, 0.15) is 150 Å². The van der Waals surface area contributed by atoms with Crippen molar-refractivity contribution in [3.8, 4) is 74.7 Å². The molecule has 0 radical (unpaired) electrons. The fourth-order valence-electron chi connectivity index (χ4n) is 9.48. The zero-order chi connectivity index (χ0) is 66.5. The first-order valence-corrected chi connectivity index (χ1v) is 33.2. The lowest BCUT2D eigenvalue weighted by atomic mass is 9.87. The second-order valence-corrected chi connectivity index (χ2v) is 27.2. The highest BCUT2D eigenvalue weighted by Crippen LogP contribution is 2.34. The molecule has 0 bridgehead atoms. The summed E-state index contributed by atoms with van der Waals surface area (Å²) in [7, 11) is 0. The van der Waals surface area contributed by atoms with Gasteiger partial charge in [-0.25, -0.2) is 0 Å². The Labute approximate surface area is 555 Å². The molecule has 0 saturated heterocycles. The molecule has 0 aromatic heterocycles. The number of benzene rings is 7. The highest BCUT2D eigenvalue weighted by molar-refractivity contribution is 5.45. The second kappa shape index (κ2) is 36.4. The predicted molar refractivity (Wildman–Crippen MR) is 371 cm³/mol. The number of aliphatic hydroxyl groups excluding tert-OH is 1. The molecule has 504 valence electrons. The van der Waals surface area contributed by atoms with Gasteiger partial charge in [0.25, 0.3) is 0 Å². The summed E-state index contributed by atoms with van der Waals surface area (Å²) in [5, 5.41) is 9.48. The van der Waals surface area contributed by atoms with Crippen molar-refractivity contribution in [2.75, 3.05) is 92.5 Å². The number of aliphatic hydroxyl groups is 1. The maximum Gasteiger partial charge on any atom is 0.126 e. The Balaban J connectivity index is 0.892. The minimum Gasteiger partial charge on any atom is -0.493 e. The van der Waals surface area contributed by atoms with Crippen LogP contribution in [0.3, 0.4) is 0 Å². The summed E-state index contributed by atoms with van der Waals surface area (Å²) in [5.74, 6) is 8.85. The molecule has 0 aliphatic carbocycles. The number of hydrogen-bond acceptors (Lipinski definition) is 14. The van der Waals surface area contributed by atoms with Crippen molar-refractivity contribution in [3.63, 3.8) is 0 Å². The molecule has 0 amide bonds. The van der Waals surface area contributed by atoms with Gasteiger partial charge in [-0.05, 0) is 92.4 Å². The molecule has 0 fully saturated rings. The van der Waals surface area contributed by atoms with Gasteiger partial charge in [0.05, 0.1) is 85.9 Å². The molecule has 1 N–H and O–H groups in total. The molecule has 0 atom stereocenters. The van der Waals surface area contributed by atoms with Crippen molar-refractivity contribution in [1.82, 2.24) is 0 Å². The summed E-state index contributed by atoms with van der Waals surface area (Å²) in [4.78, 5) is 0. The molecule has 0 saturated carbocycles. The van der Waals surface area contributed by atoms with Crippen molar-refractivity contribution in [1.29, 1.82) is 0 Å². The second-order valence-electron chi connectivity index (χ2n) is 27.2. The molecule has 7 rings (SSSR count). The van der Waals surface area contributed by atoms with E-state index < -0.39 is 0 Å². The van der Waals surface area contributed by atoms with E-state index in [0.717, 1.165) is 23.0 Å². The Hall–Kier alpha value is -8.10. The molecule has 0 unspecified atom stereocenters. The minimum absolute atomic E-state index is 0.0146. The van der Waals surface area contributed by atoms with Gasteiger partial charge in [-0.2, -0.15) is 0 Å². The topological polar surface area (TPSA) is 140 Å². The average Bonchev–Trinajstić information content (AvgIpc) is 2.07. The van der Waals surface area contributed by atoms with Crippen LogP contribution in [0.5, 0.6) is 74.7 Å². The normalized spacial score (nSPS) is 11.8. The van der Waals surface area contributed by atoms with Gasteiger partial charge in [0.2, 0.25) is 0 Å². The van der Waals surface area contributed by atoms with Crippen molar-refractivity contribution in [2.24, 2.45) is 0 Å². The van der Waals surface area contributed by atoms with E-state index in [0.29, 0.717) is 183 Å². The highest BCUT2D eigenvalue weighted by atomic mass is 16.5. The van der Waals surface area contributed by atoms with Crippen LogP contribution in [0, 0.1) is 0 Å². The average molecular weight is 1280 g/mol. The van der Waals surface area contributed by atoms with Gasteiger partial charge >= 0.3 is 0 Å². The highest BCUT2D eigenvalue weighted by Gasteiger charge is 2.18. The quantitative estimate of drug-likeness (QED) is 0.0364. The predicted octanol–water partition coefficient (Wildman–Crippen LogP) is 17.7. The third-order valence-corrected chi connectivity index (χ3v) is 15.0. The Morgan fingerprint density at radius 2 is 0.323 bits per heavy atom. The molecule has 7 aromatic carbocycles. The first kappa shape index (κ1) is 72.3. The van der Waals surface area contributed by atoms with Crippen molar-refractivity contribution in [2.45, 2.75) is 150 Å². The van der Waals surface area contributed by atoms with Gasteiger partial charge in [0.15, 0.2) is 0 Å². The van der Waals surface area contributed by atoms with Gasteiger partial charge in [0, 0.05) is 106 Å². The largest absolute Gasteiger partial charge is 0.493 e. The molecule has 7 aromatic rings. The molecule has 14 nitrogen and oxygen atoms in total. The molecule has 0 spiro atoms. The number of ether oxygens (including phenoxy) is 13. The summed E-state index contributed by atoms with van der Waals surface area (Å²) < 4.78 is 80.3. The zero-order valence-electron chi connectivity index (χ0n) is 57.5.